The highest BCUT2D eigenvalue weighted by molar-refractivity contribution is 5.78. The second kappa shape index (κ2) is 7.45. The molecule has 2 saturated heterocycles. The summed E-state index contributed by atoms with van der Waals surface area (Å²) in [6, 6.07) is 11.0. The third-order valence-electron chi connectivity index (χ3n) is 5.31. The smallest absolute Gasteiger partial charge is 0.316 e. The number of rotatable bonds is 6. The van der Waals surface area contributed by atoms with E-state index < -0.39 is 0 Å². The van der Waals surface area contributed by atoms with Gasteiger partial charge >= 0.3 is 5.97 Å². The van der Waals surface area contributed by atoms with Crippen LogP contribution in [0.5, 0.6) is 0 Å². The van der Waals surface area contributed by atoms with Gasteiger partial charge in [-0.1, -0.05) is 30.3 Å². The molecular weight excluding hydrogens is 290 g/mol. The monoisotopic (exact) mass is 317 g/mol. The van der Waals surface area contributed by atoms with Crippen molar-refractivity contribution in [3.63, 3.8) is 0 Å². The van der Waals surface area contributed by atoms with E-state index >= 15 is 0 Å². The first-order chi connectivity index (χ1) is 11.2. The van der Waals surface area contributed by atoms with Gasteiger partial charge in [-0.3, -0.25) is 4.79 Å². The summed E-state index contributed by atoms with van der Waals surface area (Å²) in [6.07, 6.45) is 4.46. The Morgan fingerprint density at radius 1 is 1.22 bits per heavy atom. The number of piperidine rings is 1. The number of carbonyl (C=O) groups is 1. The lowest BCUT2D eigenvalue weighted by Gasteiger charge is -2.36. The molecule has 4 nitrogen and oxygen atoms in total. The first kappa shape index (κ1) is 16.5. The Kier molecular flexibility index (Phi) is 5.34. The van der Waals surface area contributed by atoms with Crippen molar-refractivity contribution in [2.45, 2.75) is 56.7 Å². The van der Waals surface area contributed by atoms with E-state index in [1.165, 1.54) is 12.8 Å². The third kappa shape index (κ3) is 3.75. The molecule has 2 aliphatic heterocycles. The van der Waals surface area contributed by atoms with Crippen molar-refractivity contribution in [2.24, 2.45) is 0 Å². The molecule has 0 saturated carbocycles. The Morgan fingerprint density at radius 3 is 2.48 bits per heavy atom. The van der Waals surface area contributed by atoms with Crippen LogP contribution in [0.2, 0.25) is 0 Å². The molecule has 1 aromatic rings. The molecular formula is C19H27NO3. The SMILES string of the molecule is CCOCC(C(=O)OC1CC2CCC(C1)N2C)c1ccccc1. The van der Waals surface area contributed by atoms with Gasteiger partial charge in [0.25, 0.3) is 0 Å². The molecule has 0 spiro atoms. The molecule has 2 bridgehead atoms. The predicted octanol–water partition coefficient (Wildman–Crippen LogP) is 2.98. The molecule has 2 fully saturated rings. The van der Waals surface area contributed by atoms with E-state index in [2.05, 4.69) is 11.9 Å². The molecule has 23 heavy (non-hydrogen) atoms. The predicted molar refractivity (Wildman–Crippen MR) is 89.4 cm³/mol. The zero-order valence-electron chi connectivity index (χ0n) is 14.1. The number of carbonyl (C=O) groups excluding carboxylic acids is 1. The van der Waals surface area contributed by atoms with Gasteiger partial charge in [0.2, 0.25) is 0 Å². The lowest BCUT2D eigenvalue weighted by Crippen LogP contribution is -2.44. The molecule has 3 atom stereocenters. The number of benzene rings is 1. The van der Waals surface area contributed by atoms with Crippen molar-refractivity contribution in [1.82, 2.24) is 4.90 Å². The zero-order valence-corrected chi connectivity index (χ0v) is 14.1. The quantitative estimate of drug-likeness (QED) is 0.756. The molecule has 2 heterocycles. The molecule has 0 amide bonds. The Hall–Kier alpha value is -1.39. The van der Waals surface area contributed by atoms with E-state index in [0.717, 1.165) is 18.4 Å². The summed E-state index contributed by atoms with van der Waals surface area (Å²) >= 11 is 0. The van der Waals surface area contributed by atoms with Crippen molar-refractivity contribution in [2.75, 3.05) is 20.3 Å². The largest absolute Gasteiger partial charge is 0.462 e. The maximum absolute atomic E-state index is 12.7. The van der Waals surface area contributed by atoms with Gasteiger partial charge in [0.05, 0.1) is 6.61 Å². The van der Waals surface area contributed by atoms with E-state index in [0.29, 0.717) is 25.3 Å². The maximum Gasteiger partial charge on any atom is 0.316 e. The Bertz CT molecular complexity index is 505. The fourth-order valence-corrected chi connectivity index (χ4v) is 3.93. The van der Waals surface area contributed by atoms with Crippen LogP contribution in [0.1, 0.15) is 44.1 Å². The second-order valence-corrected chi connectivity index (χ2v) is 6.70. The van der Waals surface area contributed by atoms with Gasteiger partial charge in [-0.15, -0.1) is 0 Å². The Labute approximate surface area is 138 Å². The van der Waals surface area contributed by atoms with Crippen molar-refractivity contribution in [1.29, 1.82) is 0 Å². The molecule has 3 rings (SSSR count). The molecule has 2 aliphatic rings. The minimum Gasteiger partial charge on any atom is -0.462 e. The minimum absolute atomic E-state index is 0.0593. The van der Waals surface area contributed by atoms with E-state index in [4.69, 9.17) is 9.47 Å². The van der Waals surface area contributed by atoms with Gasteiger partial charge in [-0.2, -0.15) is 0 Å². The standard InChI is InChI=1S/C19H27NO3/c1-3-22-13-18(14-7-5-4-6-8-14)19(21)23-17-11-15-9-10-16(12-17)20(15)2/h4-8,15-18H,3,9-13H2,1-2H3. The molecule has 4 heteroatoms. The van der Waals surface area contributed by atoms with Crippen LogP contribution in [0.25, 0.3) is 0 Å². The van der Waals surface area contributed by atoms with Crippen molar-refractivity contribution < 1.29 is 14.3 Å². The number of nitrogens with zero attached hydrogens (tertiary/aromatic N) is 1. The van der Waals surface area contributed by atoms with Crippen molar-refractivity contribution in [3.05, 3.63) is 35.9 Å². The Balaban J connectivity index is 1.64. The Morgan fingerprint density at radius 2 is 1.87 bits per heavy atom. The molecule has 1 aromatic carbocycles. The first-order valence-electron chi connectivity index (χ1n) is 8.74. The average Bonchev–Trinajstić information content (AvgIpc) is 2.77. The van der Waals surface area contributed by atoms with Crippen LogP contribution in [-0.2, 0) is 14.3 Å². The lowest BCUT2D eigenvalue weighted by atomic mass is 9.98. The number of hydrogen-bond donors (Lipinski definition) is 0. The normalized spacial score (nSPS) is 28.5. The van der Waals surface area contributed by atoms with Gasteiger partial charge in [0.1, 0.15) is 12.0 Å². The van der Waals surface area contributed by atoms with Gasteiger partial charge in [0.15, 0.2) is 0 Å². The summed E-state index contributed by atoms with van der Waals surface area (Å²) in [6.45, 7) is 2.94. The van der Waals surface area contributed by atoms with Crippen molar-refractivity contribution in [3.8, 4) is 0 Å². The summed E-state index contributed by atoms with van der Waals surface area (Å²) in [5.74, 6) is -0.466. The van der Waals surface area contributed by atoms with Crippen LogP contribution in [0.15, 0.2) is 30.3 Å². The molecule has 0 aromatic heterocycles. The third-order valence-corrected chi connectivity index (χ3v) is 5.31. The highest BCUT2D eigenvalue weighted by Crippen LogP contribution is 2.36. The number of ether oxygens (including phenoxy) is 2. The topological polar surface area (TPSA) is 38.8 Å². The number of hydrogen-bond acceptors (Lipinski definition) is 4. The van der Waals surface area contributed by atoms with Crippen LogP contribution < -0.4 is 0 Å². The lowest BCUT2D eigenvalue weighted by molar-refractivity contribution is -0.155. The molecule has 0 N–H and O–H groups in total. The maximum atomic E-state index is 12.7. The summed E-state index contributed by atoms with van der Waals surface area (Å²) in [7, 11) is 2.20. The minimum atomic E-state index is -0.326. The van der Waals surface area contributed by atoms with E-state index in [1.807, 2.05) is 37.3 Å². The van der Waals surface area contributed by atoms with Crippen LogP contribution in [0, 0.1) is 0 Å². The fraction of sp³-hybridized carbons (Fsp3) is 0.632. The highest BCUT2D eigenvalue weighted by atomic mass is 16.5. The van der Waals surface area contributed by atoms with Crippen LogP contribution in [0.3, 0.4) is 0 Å². The summed E-state index contributed by atoms with van der Waals surface area (Å²) < 4.78 is 11.4. The van der Waals surface area contributed by atoms with Crippen molar-refractivity contribution >= 4 is 5.97 Å². The molecule has 3 unspecified atom stereocenters. The molecule has 0 aliphatic carbocycles. The summed E-state index contributed by atoms with van der Waals surface area (Å²) in [4.78, 5) is 15.2. The van der Waals surface area contributed by atoms with Gasteiger partial charge in [-0.25, -0.2) is 0 Å². The van der Waals surface area contributed by atoms with E-state index in [-0.39, 0.29) is 18.0 Å². The van der Waals surface area contributed by atoms with Gasteiger partial charge in [0, 0.05) is 18.7 Å². The zero-order chi connectivity index (χ0) is 16.2. The highest BCUT2D eigenvalue weighted by Gasteiger charge is 2.40. The van der Waals surface area contributed by atoms with Crippen LogP contribution >= 0.6 is 0 Å². The van der Waals surface area contributed by atoms with Gasteiger partial charge < -0.3 is 14.4 Å². The van der Waals surface area contributed by atoms with E-state index in [9.17, 15) is 4.79 Å². The number of esters is 1. The first-order valence-corrected chi connectivity index (χ1v) is 8.74. The second-order valence-electron chi connectivity index (χ2n) is 6.70. The fourth-order valence-electron chi connectivity index (χ4n) is 3.93. The van der Waals surface area contributed by atoms with Gasteiger partial charge in [-0.05, 0) is 45.2 Å². The number of fused-ring (bicyclic) bond motifs is 2. The summed E-state index contributed by atoms with van der Waals surface area (Å²) in [5, 5.41) is 0. The average molecular weight is 317 g/mol. The van der Waals surface area contributed by atoms with E-state index in [1.54, 1.807) is 0 Å². The molecule has 126 valence electrons. The van der Waals surface area contributed by atoms with Crippen LogP contribution in [-0.4, -0.2) is 49.3 Å². The van der Waals surface area contributed by atoms with Crippen LogP contribution in [0.4, 0.5) is 0 Å². The molecule has 0 radical (unpaired) electrons. The summed E-state index contributed by atoms with van der Waals surface area (Å²) in [5.41, 5.74) is 0.974.